The number of aromatic nitrogens is 2. The van der Waals surface area contributed by atoms with E-state index in [1.807, 2.05) is 65.2 Å². The first-order valence-electron chi connectivity index (χ1n) is 10.3. The zero-order valence-corrected chi connectivity index (χ0v) is 18.8. The Morgan fingerprint density at radius 2 is 1.31 bits per heavy atom. The highest BCUT2D eigenvalue weighted by atomic mass is 35.5. The highest BCUT2D eigenvalue weighted by Gasteiger charge is 2.38. The number of halogens is 2. The topological polar surface area (TPSA) is 37.5 Å². The maximum atomic E-state index is 12.3. The Kier molecular flexibility index (Phi) is 5.26. The van der Waals surface area contributed by atoms with Crippen molar-refractivity contribution in [2.75, 3.05) is 0 Å². The van der Waals surface area contributed by atoms with Gasteiger partial charge in [0.25, 0.3) is 0 Å². The summed E-state index contributed by atoms with van der Waals surface area (Å²) < 4.78 is 2.01. The summed E-state index contributed by atoms with van der Waals surface area (Å²) in [6.45, 7) is 2.05. The molecule has 5 aromatic rings. The average molecular weight is 459 g/mol. The Morgan fingerprint density at radius 3 is 1.88 bits per heavy atom. The van der Waals surface area contributed by atoms with E-state index in [9.17, 15) is 5.11 Å². The van der Waals surface area contributed by atoms with Gasteiger partial charge in [0.05, 0.1) is 5.52 Å². The number of benzene rings is 3. The largest absolute Gasteiger partial charge is 0.374 e. The molecular formula is C27H20Cl2N2O. The fourth-order valence-electron chi connectivity index (χ4n) is 4.03. The molecule has 5 rings (SSSR count). The van der Waals surface area contributed by atoms with E-state index in [1.54, 1.807) is 24.3 Å². The first-order chi connectivity index (χ1) is 15.5. The van der Waals surface area contributed by atoms with Gasteiger partial charge in [-0.15, -0.1) is 0 Å². The van der Waals surface area contributed by atoms with Crippen LogP contribution in [0.25, 0.3) is 16.9 Å². The van der Waals surface area contributed by atoms with Crippen molar-refractivity contribution in [1.82, 2.24) is 9.38 Å². The Morgan fingerprint density at radius 1 is 0.750 bits per heavy atom. The molecule has 0 aliphatic heterocycles. The van der Waals surface area contributed by atoms with E-state index in [1.165, 1.54) is 5.56 Å². The van der Waals surface area contributed by atoms with Gasteiger partial charge in [0.2, 0.25) is 0 Å². The minimum Gasteiger partial charge on any atom is -0.374 e. The molecule has 0 amide bonds. The van der Waals surface area contributed by atoms with Gasteiger partial charge in [-0.1, -0.05) is 83.4 Å². The van der Waals surface area contributed by atoms with Gasteiger partial charge in [-0.2, -0.15) is 0 Å². The van der Waals surface area contributed by atoms with Gasteiger partial charge in [-0.3, -0.25) is 4.40 Å². The van der Waals surface area contributed by atoms with Gasteiger partial charge < -0.3 is 5.11 Å². The standard InChI is InChI=1S/C27H20Cl2N2O/c1-18-5-7-19(8-6-18)26-30-25(24-4-2-3-17-31(24)26)27(32,20-9-13-22(28)14-10-20)21-11-15-23(29)16-12-21/h2-17,32H,1H3. The van der Waals surface area contributed by atoms with E-state index in [2.05, 4.69) is 19.1 Å². The number of imidazole rings is 1. The highest BCUT2D eigenvalue weighted by molar-refractivity contribution is 6.30. The average Bonchev–Trinajstić information content (AvgIpc) is 3.20. The molecule has 0 atom stereocenters. The van der Waals surface area contributed by atoms with Crippen molar-refractivity contribution in [3.05, 3.63) is 130 Å². The first-order valence-corrected chi connectivity index (χ1v) is 11.0. The maximum absolute atomic E-state index is 12.3. The summed E-state index contributed by atoms with van der Waals surface area (Å²) in [6.07, 6.45) is 1.96. The predicted octanol–water partition coefficient (Wildman–Crippen LogP) is 6.90. The van der Waals surface area contributed by atoms with E-state index in [0.29, 0.717) is 26.9 Å². The SMILES string of the molecule is Cc1ccc(-c2nc(C(O)(c3ccc(Cl)cc3)c3ccc(Cl)cc3)c3ccccn23)cc1. The van der Waals surface area contributed by atoms with E-state index in [-0.39, 0.29) is 0 Å². The molecule has 0 aliphatic rings. The summed E-state index contributed by atoms with van der Waals surface area (Å²) in [5.41, 5.74) is 3.33. The zero-order chi connectivity index (χ0) is 22.3. The summed E-state index contributed by atoms with van der Waals surface area (Å²) in [5.74, 6) is 0.761. The van der Waals surface area contributed by atoms with Gasteiger partial charge in [-0.05, 0) is 54.4 Å². The van der Waals surface area contributed by atoms with Crippen molar-refractivity contribution < 1.29 is 5.11 Å². The van der Waals surface area contributed by atoms with Crippen LogP contribution < -0.4 is 0 Å². The van der Waals surface area contributed by atoms with Crippen LogP contribution in [0.3, 0.4) is 0 Å². The van der Waals surface area contributed by atoms with Crippen molar-refractivity contribution in [3.63, 3.8) is 0 Å². The normalized spacial score (nSPS) is 11.8. The molecule has 0 fully saturated rings. The Bertz CT molecular complexity index is 1340. The van der Waals surface area contributed by atoms with Crippen molar-refractivity contribution in [1.29, 1.82) is 0 Å². The van der Waals surface area contributed by atoms with Crippen LogP contribution in [0.4, 0.5) is 0 Å². The summed E-state index contributed by atoms with van der Waals surface area (Å²) >= 11 is 12.3. The second-order valence-corrected chi connectivity index (χ2v) is 8.70. The summed E-state index contributed by atoms with van der Waals surface area (Å²) in [5, 5.41) is 13.5. The molecule has 0 spiro atoms. The fourth-order valence-corrected chi connectivity index (χ4v) is 4.28. The first kappa shape index (κ1) is 20.8. The third kappa shape index (κ3) is 3.49. The summed E-state index contributed by atoms with van der Waals surface area (Å²) in [4.78, 5) is 5.01. The van der Waals surface area contributed by atoms with Gasteiger partial charge in [-0.25, -0.2) is 4.98 Å². The van der Waals surface area contributed by atoms with Crippen molar-refractivity contribution in [2.45, 2.75) is 12.5 Å². The van der Waals surface area contributed by atoms with Crippen LogP contribution in [-0.4, -0.2) is 14.5 Å². The highest BCUT2D eigenvalue weighted by Crippen LogP contribution is 2.40. The lowest BCUT2D eigenvalue weighted by Gasteiger charge is -2.28. The molecule has 0 radical (unpaired) electrons. The number of nitrogens with zero attached hydrogens (tertiary/aromatic N) is 2. The number of hydrogen-bond acceptors (Lipinski definition) is 2. The van der Waals surface area contributed by atoms with Gasteiger partial charge in [0.15, 0.2) is 5.60 Å². The molecule has 5 heteroatoms. The number of aliphatic hydroxyl groups is 1. The number of fused-ring (bicyclic) bond motifs is 1. The van der Waals surface area contributed by atoms with Gasteiger partial charge >= 0.3 is 0 Å². The third-order valence-corrected chi connectivity index (χ3v) is 6.23. The predicted molar refractivity (Wildman–Crippen MR) is 130 cm³/mol. The van der Waals surface area contributed by atoms with Crippen molar-refractivity contribution in [3.8, 4) is 11.4 Å². The van der Waals surface area contributed by atoms with Crippen molar-refractivity contribution in [2.24, 2.45) is 0 Å². The van der Waals surface area contributed by atoms with E-state index in [0.717, 1.165) is 16.9 Å². The molecule has 3 aromatic carbocycles. The molecular weight excluding hydrogens is 439 g/mol. The minimum absolute atomic E-state index is 0.540. The molecule has 2 heterocycles. The minimum atomic E-state index is -1.51. The molecule has 1 N–H and O–H groups in total. The molecule has 158 valence electrons. The molecule has 0 aliphatic carbocycles. The second kappa shape index (κ2) is 8.10. The van der Waals surface area contributed by atoms with Crippen LogP contribution in [0, 0.1) is 6.92 Å². The van der Waals surface area contributed by atoms with Crippen LogP contribution in [0.15, 0.2) is 97.2 Å². The molecule has 2 aromatic heterocycles. The molecule has 3 nitrogen and oxygen atoms in total. The summed E-state index contributed by atoms with van der Waals surface area (Å²) in [6, 6.07) is 28.5. The van der Waals surface area contributed by atoms with E-state index < -0.39 is 5.60 Å². The van der Waals surface area contributed by atoms with Crippen LogP contribution in [0.5, 0.6) is 0 Å². The lowest BCUT2D eigenvalue weighted by Crippen LogP contribution is -2.29. The van der Waals surface area contributed by atoms with Crippen LogP contribution in [0.1, 0.15) is 22.4 Å². The number of rotatable bonds is 4. The molecule has 0 unspecified atom stereocenters. The summed E-state index contributed by atoms with van der Waals surface area (Å²) in [7, 11) is 0. The lowest BCUT2D eigenvalue weighted by molar-refractivity contribution is 0.123. The molecule has 0 saturated carbocycles. The Labute approximate surface area is 196 Å². The monoisotopic (exact) mass is 458 g/mol. The van der Waals surface area contributed by atoms with E-state index in [4.69, 9.17) is 28.2 Å². The smallest absolute Gasteiger partial charge is 0.159 e. The number of aryl methyl sites for hydroxylation is 1. The third-order valence-electron chi connectivity index (χ3n) is 5.72. The maximum Gasteiger partial charge on any atom is 0.159 e. The van der Waals surface area contributed by atoms with E-state index >= 15 is 0 Å². The molecule has 32 heavy (non-hydrogen) atoms. The molecule has 0 saturated heterocycles. The van der Waals surface area contributed by atoms with Gasteiger partial charge in [0, 0.05) is 21.8 Å². The lowest BCUT2D eigenvalue weighted by atomic mass is 9.83. The van der Waals surface area contributed by atoms with Crippen LogP contribution in [0.2, 0.25) is 10.0 Å². The molecule has 0 bridgehead atoms. The quantitative estimate of drug-likeness (QED) is 0.317. The Balaban J connectivity index is 1.82. The number of hydrogen-bond donors (Lipinski definition) is 1. The van der Waals surface area contributed by atoms with Crippen LogP contribution in [-0.2, 0) is 5.60 Å². The fraction of sp³-hybridized carbons (Fsp3) is 0.0741. The number of pyridine rings is 1. The second-order valence-electron chi connectivity index (χ2n) is 7.83. The van der Waals surface area contributed by atoms with Crippen molar-refractivity contribution >= 4 is 28.7 Å². The van der Waals surface area contributed by atoms with Gasteiger partial charge in [0.1, 0.15) is 11.5 Å². The zero-order valence-electron chi connectivity index (χ0n) is 17.3. The van der Waals surface area contributed by atoms with Crippen LogP contribution >= 0.6 is 23.2 Å². The Hall–Kier alpha value is -3.11.